The topological polar surface area (TPSA) is 134 Å². The maximum absolute atomic E-state index is 13.5. The number of hydrogen-bond donors (Lipinski definition) is 3. The second-order valence-electron chi connectivity index (χ2n) is 16.4. The van der Waals surface area contributed by atoms with E-state index >= 15 is 0 Å². The molecule has 4 amide bonds. The minimum absolute atomic E-state index is 0.0992. The average Bonchev–Trinajstić information content (AvgIpc) is 3.61. The summed E-state index contributed by atoms with van der Waals surface area (Å²) in [6.45, 7) is 6.98. The molecule has 0 aliphatic carbocycles. The maximum Gasteiger partial charge on any atom is 0.262 e. The summed E-state index contributed by atoms with van der Waals surface area (Å²) in [7, 11) is 0. The standard InChI is InChI=1S/C47H49N5O6/c1-2-39(30-5-14-37(53)15-6-30)44(32-7-16-38(54)17-8-32)31-3-9-33(10-4-31)49-23-21-29(22-24-49)26-51-35-11-12-36(51)28-50(27-35)34-13-18-40-41(25-34)47(58)52(46(40)57)42-19-20-43(55)48-45(42)56/h3-10,13-18,25,29,35-36,42,53-54H,2,11-12,19-24,26-28H2,1H3,(H,48,55,56). The van der Waals surface area contributed by atoms with Crippen LogP contribution in [0.1, 0.15) is 89.3 Å². The summed E-state index contributed by atoms with van der Waals surface area (Å²) in [6.07, 6.45) is 5.60. The number of allylic oxidation sites excluding steroid dienone is 1. The number of benzene rings is 4. The predicted octanol–water partition coefficient (Wildman–Crippen LogP) is 6.44. The van der Waals surface area contributed by atoms with Gasteiger partial charge in [0.15, 0.2) is 0 Å². The third-order valence-electron chi connectivity index (χ3n) is 13.1. The number of rotatable bonds is 9. The van der Waals surface area contributed by atoms with E-state index in [2.05, 4.69) is 51.2 Å². The van der Waals surface area contributed by atoms with E-state index in [9.17, 15) is 29.4 Å². The molecule has 4 fully saturated rings. The lowest BCUT2D eigenvalue weighted by molar-refractivity contribution is -0.136. The largest absolute Gasteiger partial charge is 0.508 e. The molecule has 0 aromatic heterocycles. The van der Waals surface area contributed by atoms with Crippen molar-refractivity contribution in [2.45, 2.75) is 70.0 Å². The smallest absolute Gasteiger partial charge is 0.262 e. The first-order valence-electron chi connectivity index (χ1n) is 20.7. The Morgan fingerprint density at radius 3 is 1.83 bits per heavy atom. The lowest BCUT2D eigenvalue weighted by Crippen LogP contribution is -2.55. The zero-order valence-electron chi connectivity index (χ0n) is 32.8. The Kier molecular flexibility index (Phi) is 10.0. The van der Waals surface area contributed by atoms with Crippen LogP contribution in [0, 0.1) is 5.92 Å². The van der Waals surface area contributed by atoms with E-state index in [0.29, 0.717) is 29.1 Å². The number of amides is 4. The van der Waals surface area contributed by atoms with Gasteiger partial charge >= 0.3 is 0 Å². The van der Waals surface area contributed by atoms with E-state index in [-0.39, 0.29) is 30.2 Å². The van der Waals surface area contributed by atoms with Crippen LogP contribution in [0.4, 0.5) is 11.4 Å². The van der Waals surface area contributed by atoms with E-state index in [0.717, 1.165) is 97.7 Å². The fourth-order valence-electron chi connectivity index (χ4n) is 10.00. The van der Waals surface area contributed by atoms with Gasteiger partial charge in [0, 0.05) is 62.6 Å². The minimum atomic E-state index is -0.967. The van der Waals surface area contributed by atoms with E-state index in [4.69, 9.17) is 0 Å². The number of aromatic hydroxyl groups is 2. The molecular weight excluding hydrogens is 731 g/mol. The van der Waals surface area contributed by atoms with Crippen molar-refractivity contribution in [3.05, 3.63) is 119 Å². The second kappa shape index (κ2) is 15.4. The van der Waals surface area contributed by atoms with Crippen molar-refractivity contribution < 1.29 is 29.4 Å². The Morgan fingerprint density at radius 2 is 1.22 bits per heavy atom. The molecule has 9 rings (SSSR count). The quantitative estimate of drug-likeness (QED) is 0.130. The highest BCUT2D eigenvalue weighted by molar-refractivity contribution is 6.23. The number of hydrogen-bond acceptors (Lipinski definition) is 9. The van der Waals surface area contributed by atoms with Crippen LogP contribution >= 0.6 is 0 Å². The number of nitrogens with one attached hydrogen (secondary N) is 1. The van der Waals surface area contributed by atoms with Crippen molar-refractivity contribution in [2.24, 2.45) is 5.92 Å². The van der Waals surface area contributed by atoms with Crippen LogP contribution in [0.25, 0.3) is 11.1 Å². The highest BCUT2D eigenvalue weighted by Gasteiger charge is 2.46. The molecule has 5 heterocycles. The van der Waals surface area contributed by atoms with Crippen molar-refractivity contribution in [2.75, 3.05) is 42.5 Å². The first-order chi connectivity index (χ1) is 28.1. The molecule has 3 unspecified atom stereocenters. The van der Waals surface area contributed by atoms with E-state index < -0.39 is 23.8 Å². The van der Waals surface area contributed by atoms with Crippen LogP contribution in [-0.4, -0.2) is 94.5 Å². The Morgan fingerprint density at radius 1 is 0.655 bits per heavy atom. The highest BCUT2D eigenvalue weighted by Crippen LogP contribution is 2.39. The molecule has 11 heteroatoms. The van der Waals surface area contributed by atoms with Gasteiger partial charge in [0.2, 0.25) is 11.8 Å². The Hall–Kier alpha value is -5.94. The van der Waals surface area contributed by atoms with Crippen LogP contribution in [0.3, 0.4) is 0 Å². The van der Waals surface area contributed by atoms with Gasteiger partial charge in [-0.2, -0.15) is 0 Å². The summed E-state index contributed by atoms with van der Waals surface area (Å²) < 4.78 is 0. The summed E-state index contributed by atoms with van der Waals surface area (Å²) in [4.78, 5) is 59.6. The molecule has 0 radical (unpaired) electrons. The molecule has 298 valence electrons. The monoisotopic (exact) mass is 779 g/mol. The molecule has 3 atom stereocenters. The summed E-state index contributed by atoms with van der Waals surface area (Å²) in [5.41, 5.74) is 8.28. The Balaban J connectivity index is 0.832. The van der Waals surface area contributed by atoms with Crippen molar-refractivity contribution in [1.82, 2.24) is 15.1 Å². The van der Waals surface area contributed by atoms with Gasteiger partial charge in [-0.1, -0.05) is 43.3 Å². The summed E-state index contributed by atoms with van der Waals surface area (Å²) in [6, 6.07) is 29.0. The number of carbonyl (C=O) groups excluding carboxylic acids is 4. The number of piperidine rings is 2. The molecule has 5 aliphatic rings. The predicted molar refractivity (Wildman–Crippen MR) is 223 cm³/mol. The molecule has 2 bridgehead atoms. The average molecular weight is 780 g/mol. The summed E-state index contributed by atoms with van der Waals surface area (Å²) in [5.74, 6) is -0.828. The summed E-state index contributed by atoms with van der Waals surface area (Å²) >= 11 is 0. The normalized spacial score (nSPS) is 23.0. The van der Waals surface area contributed by atoms with Crippen LogP contribution in [-0.2, 0) is 9.59 Å². The van der Waals surface area contributed by atoms with Gasteiger partial charge in [0.25, 0.3) is 11.8 Å². The van der Waals surface area contributed by atoms with Crippen molar-refractivity contribution in [3.8, 4) is 11.5 Å². The minimum Gasteiger partial charge on any atom is -0.508 e. The second-order valence-corrected chi connectivity index (χ2v) is 16.4. The Bertz CT molecular complexity index is 2270. The molecular formula is C47H49N5O6. The maximum atomic E-state index is 13.5. The molecule has 3 N–H and O–H groups in total. The van der Waals surface area contributed by atoms with E-state index in [1.165, 1.54) is 11.3 Å². The third-order valence-corrected chi connectivity index (χ3v) is 13.1. The van der Waals surface area contributed by atoms with Gasteiger partial charge in [0.05, 0.1) is 11.1 Å². The molecule has 4 saturated heterocycles. The fraction of sp³-hybridized carbons (Fsp3) is 0.362. The number of phenolic OH excluding ortho intramolecular Hbond substituents is 2. The molecule has 4 aromatic carbocycles. The molecule has 0 saturated carbocycles. The van der Waals surface area contributed by atoms with Crippen LogP contribution in [0.2, 0.25) is 0 Å². The lowest BCUT2D eigenvalue weighted by Gasteiger charge is -2.44. The van der Waals surface area contributed by atoms with Crippen LogP contribution in [0.5, 0.6) is 11.5 Å². The van der Waals surface area contributed by atoms with Gasteiger partial charge in [0.1, 0.15) is 17.5 Å². The van der Waals surface area contributed by atoms with Gasteiger partial charge in [-0.15, -0.1) is 0 Å². The molecule has 4 aromatic rings. The lowest BCUT2D eigenvalue weighted by atomic mass is 9.88. The van der Waals surface area contributed by atoms with Crippen LogP contribution < -0.4 is 15.1 Å². The number of piperazine rings is 1. The summed E-state index contributed by atoms with van der Waals surface area (Å²) in [5, 5.41) is 22.2. The van der Waals surface area contributed by atoms with E-state index in [1.54, 1.807) is 30.3 Å². The van der Waals surface area contributed by atoms with Crippen molar-refractivity contribution >= 4 is 46.1 Å². The first kappa shape index (κ1) is 37.6. The molecule has 58 heavy (non-hydrogen) atoms. The first-order valence-corrected chi connectivity index (χ1v) is 20.7. The number of carbonyl (C=O) groups is 4. The van der Waals surface area contributed by atoms with Gasteiger partial charge in [-0.25, -0.2) is 0 Å². The van der Waals surface area contributed by atoms with Gasteiger partial charge in [-0.05, 0) is 127 Å². The highest BCUT2D eigenvalue weighted by atomic mass is 16.3. The van der Waals surface area contributed by atoms with Gasteiger partial charge in [-0.3, -0.25) is 34.3 Å². The zero-order valence-corrected chi connectivity index (χ0v) is 32.8. The SMILES string of the molecule is CCC(=C(c1ccc(O)cc1)c1ccc(N2CCC(CN3C4CCC3CN(c3ccc5c(c3)C(=O)N(C3CCC(=O)NC3=O)C5=O)C4)CC2)cc1)c1ccc(O)cc1. The number of fused-ring (bicyclic) bond motifs is 3. The molecule has 0 spiro atoms. The number of imide groups is 2. The van der Waals surface area contributed by atoms with Crippen LogP contribution in [0.15, 0.2) is 91.0 Å². The number of nitrogens with zero attached hydrogens (tertiary/aromatic N) is 4. The fourth-order valence-corrected chi connectivity index (χ4v) is 10.00. The van der Waals surface area contributed by atoms with E-state index in [1.807, 2.05) is 36.4 Å². The van der Waals surface area contributed by atoms with Crippen molar-refractivity contribution in [3.63, 3.8) is 0 Å². The van der Waals surface area contributed by atoms with Crippen molar-refractivity contribution in [1.29, 1.82) is 0 Å². The third kappa shape index (κ3) is 7.01. The zero-order chi connectivity index (χ0) is 40.1. The molecule has 5 aliphatic heterocycles. The molecule has 11 nitrogen and oxygen atoms in total. The Labute approximate surface area is 338 Å². The number of phenols is 2. The number of anilines is 2. The van der Waals surface area contributed by atoms with Gasteiger partial charge < -0.3 is 20.0 Å².